The quantitative estimate of drug-likeness (QED) is 0.0805. The highest BCUT2D eigenvalue weighted by molar-refractivity contribution is 7.90. The third kappa shape index (κ3) is 9.49. The smallest absolute Gasteiger partial charge is 0.293 e. The Morgan fingerprint density at radius 2 is 1.81 bits per heavy atom. The highest BCUT2D eigenvalue weighted by Crippen LogP contribution is 2.45. The van der Waals surface area contributed by atoms with Gasteiger partial charge in [-0.15, -0.1) is 0 Å². The van der Waals surface area contributed by atoms with Crippen LogP contribution in [0.3, 0.4) is 0 Å². The summed E-state index contributed by atoms with van der Waals surface area (Å²) in [6, 6.07) is 21.3. The number of ether oxygens (including phenoxy) is 2. The van der Waals surface area contributed by atoms with E-state index in [1.165, 1.54) is 28.8 Å². The number of nitro benzene ring substituents is 1. The molecule has 5 heterocycles. The molecule has 2 aromatic heterocycles. The van der Waals surface area contributed by atoms with Gasteiger partial charge in [-0.05, 0) is 141 Å². The summed E-state index contributed by atoms with van der Waals surface area (Å²) in [4.78, 5) is 37.8. The molecule has 5 aromatic rings. The lowest BCUT2D eigenvalue weighted by atomic mass is 9.72. The van der Waals surface area contributed by atoms with Crippen molar-refractivity contribution in [1.29, 1.82) is 0 Å². The van der Waals surface area contributed by atoms with Crippen LogP contribution in [-0.2, 0) is 14.8 Å². The molecule has 0 radical (unpaired) electrons. The van der Waals surface area contributed by atoms with Crippen LogP contribution in [0.4, 0.5) is 22.7 Å². The number of hydrogen-bond donors (Lipinski definition) is 3. The molecule has 0 saturated carbocycles. The molecule has 2 saturated heterocycles. The van der Waals surface area contributed by atoms with Gasteiger partial charge in [0.1, 0.15) is 23.6 Å². The van der Waals surface area contributed by atoms with Gasteiger partial charge in [0.15, 0.2) is 0 Å². The van der Waals surface area contributed by atoms with Gasteiger partial charge in [0.25, 0.3) is 21.6 Å². The van der Waals surface area contributed by atoms with E-state index >= 15 is 0 Å². The fourth-order valence-corrected chi connectivity index (χ4v) is 10.8. The minimum absolute atomic E-state index is 0.135. The summed E-state index contributed by atoms with van der Waals surface area (Å²) in [5.41, 5.74) is 7.22. The first-order valence-electron chi connectivity index (χ1n) is 22.2. The molecule has 1 atom stereocenters. The van der Waals surface area contributed by atoms with Crippen LogP contribution in [0.15, 0.2) is 89.5 Å². The molecule has 3 aliphatic heterocycles. The topological polar surface area (TPSA) is 172 Å². The van der Waals surface area contributed by atoms with Crippen molar-refractivity contribution >= 4 is 66.9 Å². The van der Waals surface area contributed by atoms with Crippen LogP contribution < -0.4 is 19.7 Å². The molecule has 16 heteroatoms. The zero-order valence-electron chi connectivity index (χ0n) is 36.2. The molecule has 64 heavy (non-hydrogen) atoms. The number of hydrogen-bond acceptors (Lipinski definition) is 11. The number of H-pyrrole nitrogens is 1. The molecule has 336 valence electrons. The predicted molar refractivity (Wildman–Crippen MR) is 249 cm³/mol. The average Bonchev–Trinajstić information content (AvgIpc) is 3.76. The minimum Gasteiger partial charge on any atom is -0.474 e. The number of carbonyl (C=O) groups excluding carboxylic acids is 1. The van der Waals surface area contributed by atoms with E-state index < -0.39 is 31.4 Å². The van der Waals surface area contributed by atoms with Gasteiger partial charge >= 0.3 is 0 Å². The number of halogens is 1. The summed E-state index contributed by atoms with van der Waals surface area (Å²) in [6.07, 6.45) is 8.70. The second-order valence-electron chi connectivity index (χ2n) is 18.3. The van der Waals surface area contributed by atoms with Gasteiger partial charge in [-0.2, -0.15) is 4.98 Å². The molecule has 9 rings (SSSR count). The van der Waals surface area contributed by atoms with E-state index in [1.54, 1.807) is 12.3 Å². The van der Waals surface area contributed by atoms with Crippen molar-refractivity contribution in [3.05, 3.63) is 116 Å². The van der Waals surface area contributed by atoms with Gasteiger partial charge in [-0.25, -0.2) is 13.1 Å². The first-order chi connectivity index (χ1) is 30.8. The van der Waals surface area contributed by atoms with Crippen LogP contribution >= 0.6 is 11.6 Å². The van der Waals surface area contributed by atoms with E-state index in [-0.39, 0.29) is 35.1 Å². The number of sulfonamides is 1. The van der Waals surface area contributed by atoms with Crippen molar-refractivity contribution in [2.24, 2.45) is 11.3 Å². The Morgan fingerprint density at radius 1 is 1.00 bits per heavy atom. The fraction of sp³-hybridized carbons (Fsp3) is 0.417. The van der Waals surface area contributed by atoms with Gasteiger partial charge in [0.2, 0.25) is 5.88 Å². The number of benzene rings is 3. The molecule has 3 aromatic carbocycles. The third-order valence-corrected chi connectivity index (χ3v) is 14.9. The first-order valence-corrected chi connectivity index (χ1v) is 24.1. The van der Waals surface area contributed by atoms with Gasteiger partial charge in [0.05, 0.1) is 34.2 Å². The summed E-state index contributed by atoms with van der Waals surface area (Å²) in [7, 11) is -4.55. The monoisotopic (exact) mass is 907 g/mol. The molecule has 0 spiro atoms. The Morgan fingerprint density at radius 3 is 2.58 bits per heavy atom. The lowest BCUT2D eigenvalue weighted by Gasteiger charge is -2.38. The average molecular weight is 909 g/mol. The molecule has 2 fully saturated rings. The molecule has 0 bridgehead atoms. The number of nitro groups is 1. The Kier molecular flexibility index (Phi) is 12.4. The number of fused-ring (bicyclic) bond motifs is 2. The number of likely N-dealkylation sites (tertiary alicyclic amines) is 1. The number of nitrogens with zero attached hydrogens (tertiary/aromatic N) is 4. The third-order valence-electron chi connectivity index (χ3n) is 13.3. The molecule has 1 aliphatic carbocycles. The number of aromatic nitrogens is 2. The van der Waals surface area contributed by atoms with Gasteiger partial charge < -0.3 is 24.7 Å². The van der Waals surface area contributed by atoms with Crippen molar-refractivity contribution < 1.29 is 27.6 Å². The molecular formula is C48H54ClN7O7S. The van der Waals surface area contributed by atoms with E-state index in [0.29, 0.717) is 49.2 Å². The van der Waals surface area contributed by atoms with E-state index in [1.807, 2.05) is 41.3 Å². The summed E-state index contributed by atoms with van der Waals surface area (Å²) in [5.74, 6) is -0.0772. The number of aromatic amines is 1. The van der Waals surface area contributed by atoms with Crippen LogP contribution in [0.25, 0.3) is 16.6 Å². The van der Waals surface area contributed by atoms with Crippen molar-refractivity contribution in [2.75, 3.05) is 62.8 Å². The molecular weight excluding hydrogens is 854 g/mol. The van der Waals surface area contributed by atoms with E-state index in [9.17, 15) is 23.3 Å². The van der Waals surface area contributed by atoms with Crippen molar-refractivity contribution in [3.63, 3.8) is 0 Å². The van der Waals surface area contributed by atoms with Gasteiger partial charge in [-0.1, -0.05) is 49.2 Å². The minimum atomic E-state index is -4.55. The van der Waals surface area contributed by atoms with Crippen molar-refractivity contribution in [1.82, 2.24) is 19.6 Å². The summed E-state index contributed by atoms with van der Waals surface area (Å²) in [5, 5.41) is 16.9. The molecule has 14 nitrogen and oxygen atoms in total. The van der Waals surface area contributed by atoms with Crippen LogP contribution in [0, 0.1) is 21.4 Å². The lowest BCUT2D eigenvalue weighted by Crippen LogP contribution is -2.36. The fourth-order valence-electron chi connectivity index (χ4n) is 9.67. The molecule has 1 amide bonds. The maximum absolute atomic E-state index is 14.3. The lowest BCUT2D eigenvalue weighted by molar-refractivity contribution is -0.384. The van der Waals surface area contributed by atoms with E-state index in [4.69, 9.17) is 26.1 Å². The molecule has 0 unspecified atom stereocenters. The number of amides is 1. The van der Waals surface area contributed by atoms with Crippen LogP contribution in [0.2, 0.25) is 5.02 Å². The number of rotatable bonds is 12. The molecule has 4 aliphatic rings. The second-order valence-corrected chi connectivity index (χ2v) is 20.4. The number of anilines is 3. The standard InChI is InChI=1S/C48H54ClN7O7S/c1-48(2)17-13-36(40(27-48)33-5-8-37(49)9-6-33)29-54-19-15-32(16-20-54)34-7-11-39(42(24-34)55-21-23-63-47-44(55)25-35-14-18-50-45(35)52-47)46(57)53-64(60,61)38-10-12-41(43(26-38)56(58)59)51-28-31-4-3-22-62-30-31/h5-12,14,18,24-26,31-32,51H,3-4,13,15-17,19-23,27-30H2,1-2H3,(H,50,52)(H,53,57)/t31-/m1/s1. The van der Waals surface area contributed by atoms with Crippen LogP contribution in [0.1, 0.15) is 86.2 Å². The van der Waals surface area contributed by atoms with Gasteiger partial charge in [0, 0.05) is 42.4 Å². The maximum Gasteiger partial charge on any atom is 0.293 e. The number of nitrogens with one attached hydrogen (secondary N) is 3. The predicted octanol–water partition coefficient (Wildman–Crippen LogP) is 9.46. The Labute approximate surface area is 378 Å². The zero-order chi connectivity index (χ0) is 44.6. The molecule has 3 N–H and O–H groups in total. The largest absolute Gasteiger partial charge is 0.474 e. The van der Waals surface area contributed by atoms with E-state index in [2.05, 4.69) is 45.9 Å². The van der Waals surface area contributed by atoms with Crippen molar-refractivity contribution in [2.45, 2.75) is 69.6 Å². The summed E-state index contributed by atoms with van der Waals surface area (Å²) in [6.45, 7) is 9.80. The summed E-state index contributed by atoms with van der Waals surface area (Å²) >= 11 is 6.27. The summed E-state index contributed by atoms with van der Waals surface area (Å²) < 4.78 is 41.6. The van der Waals surface area contributed by atoms with Crippen LogP contribution in [-0.4, -0.2) is 86.7 Å². The first kappa shape index (κ1) is 43.8. The maximum atomic E-state index is 14.3. The number of piperidine rings is 1. The van der Waals surface area contributed by atoms with Crippen molar-refractivity contribution in [3.8, 4) is 5.88 Å². The van der Waals surface area contributed by atoms with E-state index in [0.717, 1.165) is 86.6 Å². The zero-order valence-corrected chi connectivity index (χ0v) is 37.8. The van der Waals surface area contributed by atoms with Crippen LogP contribution in [0.5, 0.6) is 5.88 Å². The Balaban J connectivity index is 0.975. The Bertz CT molecular complexity index is 2710. The normalized spacial score (nSPS) is 19.5. The number of carbonyl (C=O) groups is 1. The highest BCUT2D eigenvalue weighted by atomic mass is 35.5. The Hall–Kier alpha value is -5.48. The number of pyridine rings is 1. The van der Waals surface area contributed by atoms with Gasteiger partial charge in [-0.3, -0.25) is 19.8 Å². The SMILES string of the molecule is CC1(C)CCC(CN2CCC(c3ccc(C(=O)NS(=O)(=O)c4ccc(NC[C@H]5CCCOC5)c([N+](=O)[O-])c4)c(N4CCOc5nc6[nH]ccc6cc54)c3)CC2)=C(c2ccc(Cl)cc2)C1. The second kappa shape index (κ2) is 18.2. The highest BCUT2D eigenvalue weighted by Gasteiger charge is 2.33. The number of allylic oxidation sites excluding steroid dienone is 1.